The molecular weight excluding hydrogens is 234 g/mol. The molecule has 1 heterocycles. The molecule has 70 valence electrons. The molecule has 13 heavy (non-hydrogen) atoms. The molecule has 0 amide bonds. The Labute approximate surface area is 85.5 Å². The summed E-state index contributed by atoms with van der Waals surface area (Å²) >= 11 is 3.32. The van der Waals surface area contributed by atoms with Gasteiger partial charge < -0.3 is 9.47 Å². The molecule has 0 saturated heterocycles. The minimum absolute atomic E-state index is 0.580. The van der Waals surface area contributed by atoms with Crippen molar-refractivity contribution in [3.8, 4) is 5.88 Å². The van der Waals surface area contributed by atoms with Crippen LogP contribution in [0, 0.1) is 0 Å². The van der Waals surface area contributed by atoms with Gasteiger partial charge in [0.25, 0.3) is 0 Å². The molecule has 0 bridgehead atoms. The number of ether oxygens (including phenoxy) is 2. The Hall–Kier alpha value is -1.03. The Bertz CT molecular complexity index is 312. The Balaban J connectivity index is 3.01. The van der Waals surface area contributed by atoms with E-state index in [-0.39, 0.29) is 0 Å². The van der Waals surface area contributed by atoms with Crippen LogP contribution in [-0.2, 0) is 4.74 Å². The van der Waals surface area contributed by atoms with Crippen molar-refractivity contribution in [1.29, 1.82) is 0 Å². The first-order valence-corrected chi connectivity index (χ1v) is 4.46. The van der Waals surface area contributed by atoms with Gasteiger partial charge in [-0.25, -0.2) is 4.98 Å². The fraction of sp³-hybridized carbons (Fsp3) is 0.222. The second-order valence-corrected chi connectivity index (χ2v) is 3.21. The minimum Gasteiger partial charge on any atom is -0.504 e. The number of aromatic nitrogens is 1. The number of methoxy groups -OCH3 is 2. The van der Waals surface area contributed by atoms with Crippen LogP contribution in [-0.4, -0.2) is 19.2 Å². The monoisotopic (exact) mass is 243 g/mol. The van der Waals surface area contributed by atoms with Crippen molar-refractivity contribution in [3.63, 3.8) is 0 Å². The number of pyridine rings is 1. The standard InChI is InChI=1S/C9H10BrNO2/c1-12-4-3-7-5-8(10)6-11-9(7)13-2/h3-6H,1-2H3. The fourth-order valence-corrected chi connectivity index (χ4v) is 1.22. The third-order valence-electron chi connectivity index (χ3n) is 1.42. The van der Waals surface area contributed by atoms with Gasteiger partial charge in [0.15, 0.2) is 0 Å². The van der Waals surface area contributed by atoms with Crippen LogP contribution in [0.5, 0.6) is 5.88 Å². The molecule has 1 aromatic heterocycles. The van der Waals surface area contributed by atoms with Gasteiger partial charge in [-0.1, -0.05) is 0 Å². The summed E-state index contributed by atoms with van der Waals surface area (Å²) < 4.78 is 10.8. The van der Waals surface area contributed by atoms with E-state index in [1.54, 1.807) is 32.8 Å². The molecule has 0 atom stereocenters. The molecule has 0 aliphatic carbocycles. The van der Waals surface area contributed by atoms with Crippen LogP contribution in [0.1, 0.15) is 5.56 Å². The molecule has 0 unspecified atom stereocenters. The van der Waals surface area contributed by atoms with Gasteiger partial charge in [0.2, 0.25) is 5.88 Å². The van der Waals surface area contributed by atoms with Crippen molar-refractivity contribution in [1.82, 2.24) is 4.98 Å². The Morgan fingerprint density at radius 3 is 2.85 bits per heavy atom. The molecule has 0 N–H and O–H groups in total. The maximum Gasteiger partial charge on any atom is 0.220 e. The first-order chi connectivity index (χ1) is 6.27. The lowest BCUT2D eigenvalue weighted by molar-refractivity contribution is 0.341. The van der Waals surface area contributed by atoms with Gasteiger partial charge in [0.05, 0.1) is 20.5 Å². The van der Waals surface area contributed by atoms with E-state index in [2.05, 4.69) is 20.9 Å². The van der Waals surface area contributed by atoms with Crippen LogP contribution in [0.3, 0.4) is 0 Å². The topological polar surface area (TPSA) is 31.4 Å². The van der Waals surface area contributed by atoms with Crippen LogP contribution >= 0.6 is 15.9 Å². The molecular formula is C9H10BrNO2. The average Bonchev–Trinajstić information content (AvgIpc) is 2.15. The van der Waals surface area contributed by atoms with Crippen LogP contribution in [0.4, 0.5) is 0 Å². The second-order valence-electron chi connectivity index (χ2n) is 2.29. The zero-order valence-electron chi connectivity index (χ0n) is 7.45. The number of hydrogen-bond donors (Lipinski definition) is 0. The van der Waals surface area contributed by atoms with E-state index in [9.17, 15) is 0 Å². The minimum atomic E-state index is 0.580. The van der Waals surface area contributed by atoms with Crippen molar-refractivity contribution in [3.05, 3.63) is 28.6 Å². The van der Waals surface area contributed by atoms with Gasteiger partial charge in [0, 0.05) is 16.2 Å². The lowest BCUT2D eigenvalue weighted by Crippen LogP contribution is -1.90. The van der Waals surface area contributed by atoms with Crippen molar-refractivity contribution < 1.29 is 9.47 Å². The molecule has 0 aromatic carbocycles. The SMILES string of the molecule is COC=Cc1cc(Br)cnc1OC. The third kappa shape index (κ3) is 2.73. The van der Waals surface area contributed by atoms with Gasteiger partial charge in [-0.2, -0.15) is 0 Å². The number of rotatable bonds is 3. The molecule has 0 fully saturated rings. The molecule has 0 spiro atoms. The summed E-state index contributed by atoms with van der Waals surface area (Å²) in [4.78, 5) is 4.07. The second kappa shape index (κ2) is 4.87. The first kappa shape index (κ1) is 10.1. The highest BCUT2D eigenvalue weighted by atomic mass is 79.9. The largest absolute Gasteiger partial charge is 0.504 e. The van der Waals surface area contributed by atoms with E-state index in [4.69, 9.17) is 9.47 Å². The van der Waals surface area contributed by atoms with Crippen molar-refractivity contribution in [2.75, 3.05) is 14.2 Å². The van der Waals surface area contributed by atoms with Crippen LogP contribution < -0.4 is 4.74 Å². The summed E-state index contributed by atoms with van der Waals surface area (Å²) in [7, 11) is 3.18. The van der Waals surface area contributed by atoms with Crippen molar-refractivity contribution >= 4 is 22.0 Å². The molecule has 0 saturated carbocycles. The fourth-order valence-electron chi connectivity index (χ4n) is 0.874. The van der Waals surface area contributed by atoms with Crippen molar-refractivity contribution in [2.45, 2.75) is 0 Å². The van der Waals surface area contributed by atoms with Gasteiger partial charge >= 0.3 is 0 Å². The van der Waals surface area contributed by atoms with Gasteiger partial charge in [0.1, 0.15) is 0 Å². The summed E-state index contributed by atoms with van der Waals surface area (Å²) in [6.07, 6.45) is 5.05. The highest BCUT2D eigenvalue weighted by Crippen LogP contribution is 2.20. The smallest absolute Gasteiger partial charge is 0.220 e. The van der Waals surface area contributed by atoms with E-state index in [0.717, 1.165) is 10.0 Å². The number of nitrogens with zero attached hydrogens (tertiary/aromatic N) is 1. The maximum absolute atomic E-state index is 5.06. The molecule has 3 nitrogen and oxygen atoms in total. The molecule has 1 aromatic rings. The average molecular weight is 244 g/mol. The quantitative estimate of drug-likeness (QED) is 0.765. The predicted molar refractivity (Wildman–Crippen MR) is 54.5 cm³/mol. The molecule has 1 rings (SSSR count). The highest BCUT2D eigenvalue weighted by Gasteiger charge is 2.01. The van der Waals surface area contributed by atoms with E-state index in [1.165, 1.54) is 0 Å². The Morgan fingerprint density at radius 2 is 2.23 bits per heavy atom. The zero-order chi connectivity index (χ0) is 9.68. The van der Waals surface area contributed by atoms with E-state index < -0.39 is 0 Å². The lowest BCUT2D eigenvalue weighted by atomic mass is 10.3. The molecule has 0 aliphatic heterocycles. The summed E-state index contributed by atoms with van der Waals surface area (Å²) in [6, 6.07) is 1.90. The predicted octanol–water partition coefficient (Wildman–Crippen LogP) is 2.47. The Kier molecular flexibility index (Phi) is 3.76. The zero-order valence-corrected chi connectivity index (χ0v) is 9.04. The molecule has 4 heteroatoms. The summed E-state index contributed by atoms with van der Waals surface area (Å²) in [5.41, 5.74) is 0.874. The molecule has 0 radical (unpaired) electrons. The maximum atomic E-state index is 5.06. The van der Waals surface area contributed by atoms with E-state index >= 15 is 0 Å². The van der Waals surface area contributed by atoms with E-state index in [1.807, 2.05) is 6.07 Å². The van der Waals surface area contributed by atoms with Gasteiger partial charge in [-0.05, 0) is 28.1 Å². The first-order valence-electron chi connectivity index (χ1n) is 3.67. The third-order valence-corrected chi connectivity index (χ3v) is 1.86. The summed E-state index contributed by atoms with van der Waals surface area (Å²) in [6.45, 7) is 0. The van der Waals surface area contributed by atoms with Crippen LogP contribution in [0.25, 0.3) is 6.08 Å². The summed E-state index contributed by atoms with van der Waals surface area (Å²) in [5.74, 6) is 0.580. The van der Waals surface area contributed by atoms with Crippen LogP contribution in [0.2, 0.25) is 0 Å². The van der Waals surface area contributed by atoms with E-state index in [0.29, 0.717) is 5.88 Å². The normalized spacial score (nSPS) is 10.4. The number of hydrogen-bond acceptors (Lipinski definition) is 3. The van der Waals surface area contributed by atoms with Gasteiger partial charge in [-0.15, -0.1) is 0 Å². The molecule has 0 aliphatic rings. The van der Waals surface area contributed by atoms with Crippen LogP contribution in [0.15, 0.2) is 23.0 Å². The van der Waals surface area contributed by atoms with Crippen molar-refractivity contribution in [2.24, 2.45) is 0 Å². The Morgan fingerprint density at radius 1 is 1.46 bits per heavy atom. The highest BCUT2D eigenvalue weighted by molar-refractivity contribution is 9.10. The number of halogens is 1. The van der Waals surface area contributed by atoms with Gasteiger partial charge in [-0.3, -0.25) is 0 Å². The lowest BCUT2D eigenvalue weighted by Gasteiger charge is -2.02. The summed E-state index contributed by atoms with van der Waals surface area (Å²) in [5, 5.41) is 0.